The molecule has 0 aliphatic heterocycles. The molecule has 1 heterocycles. The van der Waals surface area contributed by atoms with Crippen molar-refractivity contribution >= 4 is 5.95 Å². The fourth-order valence-corrected chi connectivity index (χ4v) is 0.897. The van der Waals surface area contributed by atoms with Crippen molar-refractivity contribution in [2.75, 3.05) is 12.4 Å². The summed E-state index contributed by atoms with van der Waals surface area (Å²) >= 11 is 0. The van der Waals surface area contributed by atoms with E-state index in [-0.39, 0.29) is 0 Å². The lowest BCUT2D eigenvalue weighted by Crippen LogP contribution is -2.22. The molecule has 0 aliphatic rings. The normalized spacial score (nSPS) is 10.5. The fourth-order valence-electron chi connectivity index (χ4n) is 0.897. The molecule has 4 heteroatoms. The number of nitrogens with one attached hydrogen (secondary N) is 2. The zero-order chi connectivity index (χ0) is 9.68. The summed E-state index contributed by atoms with van der Waals surface area (Å²) in [5, 5.41) is 6.18. The number of rotatable bonds is 4. The van der Waals surface area contributed by atoms with Gasteiger partial charge in [0.1, 0.15) is 0 Å². The average Bonchev–Trinajstić information content (AvgIpc) is 2.15. The summed E-state index contributed by atoms with van der Waals surface area (Å²) in [7, 11) is 1.81. The van der Waals surface area contributed by atoms with Crippen molar-refractivity contribution in [1.82, 2.24) is 15.3 Å². The minimum absolute atomic E-state index is 0.490. The SMILES string of the molecule is CNc1ncc(CNC(C)C)cn1. The van der Waals surface area contributed by atoms with Gasteiger partial charge in [0.05, 0.1) is 0 Å². The van der Waals surface area contributed by atoms with Crippen molar-refractivity contribution in [2.45, 2.75) is 26.4 Å². The van der Waals surface area contributed by atoms with E-state index in [4.69, 9.17) is 0 Å². The summed E-state index contributed by atoms with van der Waals surface area (Å²) in [6.07, 6.45) is 3.66. The Labute approximate surface area is 78.8 Å². The molecular weight excluding hydrogens is 164 g/mol. The third-order valence-corrected chi connectivity index (χ3v) is 1.64. The van der Waals surface area contributed by atoms with Gasteiger partial charge in [0.25, 0.3) is 0 Å². The van der Waals surface area contributed by atoms with Crippen molar-refractivity contribution in [3.8, 4) is 0 Å². The highest BCUT2D eigenvalue weighted by Gasteiger charge is 1.96. The average molecular weight is 180 g/mol. The van der Waals surface area contributed by atoms with Gasteiger partial charge >= 0.3 is 0 Å². The standard InChI is InChI=1S/C9H16N4/c1-7(2)11-4-8-5-12-9(10-3)13-6-8/h5-7,11H,4H2,1-3H3,(H,10,12,13). The van der Waals surface area contributed by atoms with E-state index in [1.54, 1.807) is 7.05 Å². The molecule has 0 unspecified atom stereocenters. The third kappa shape index (κ3) is 3.38. The Balaban J connectivity index is 2.49. The summed E-state index contributed by atoms with van der Waals surface area (Å²) in [6, 6.07) is 0.490. The molecule has 0 aliphatic carbocycles. The zero-order valence-electron chi connectivity index (χ0n) is 8.33. The summed E-state index contributed by atoms with van der Waals surface area (Å²) < 4.78 is 0. The molecule has 0 spiro atoms. The second kappa shape index (κ2) is 4.77. The Morgan fingerprint density at radius 1 is 1.31 bits per heavy atom. The summed E-state index contributed by atoms with van der Waals surface area (Å²) in [6.45, 7) is 5.05. The van der Waals surface area contributed by atoms with E-state index < -0.39 is 0 Å². The maximum absolute atomic E-state index is 4.11. The van der Waals surface area contributed by atoms with Crippen molar-refractivity contribution < 1.29 is 0 Å². The molecule has 2 N–H and O–H groups in total. The van der Waals surface area contributed by atoms with E-state index in [1.807, 2.05) is 12.4 Å². The minimum Gasteiger partial charge on any atom is -0.357 e. The number of hydrogen-bond donors (Lipinski definition) is 2. The fraction of sp³-hybridized carbons (Fsp3) is 0.556. The highest BCUT2D eigenvalue weighted by atomic mass is 15.1. The van der Waals surface area contributed by atoms with E-state index >= 15 is 0 Å². The first-order valence-corrected chi connectivity index (χ1v) is 4.44. The van der Waals surface area contributed by atoms with E-state index in [0.29, 0.717) is 12.0 Å². The first-order chi connectivity index (χ1) is 6.22. The van der Waals surface area contributed by atoms with Crippen LogP contribution in [0.3, 0.4) is 0 Å². The van der Waals surface area contributed by atoms with E-state index in [1.165, 1.54) is 0 Å². The molecule has 0 saturated carbocycles. The molecular formula is C9H16N4. The largest absolute Gasteiger partial charge is 0.357 e. The van der Waals surface area contributed by atoms with Crippen LogP contribution in [0.1, 0.15) is 19.4 Å². The maximum atomic E-state index is 4.11. The van der Waals surface area contributed by atoms with Gasteiger partial charge in [0.2, 0.25) is 5.95 Å². The number of nitrogens with zero attached hydrogens (tertiary/aromatic N) is 2. The van der Waals surface area contributed by atoms with Gasteiger partial charge in [-0.15, -0.1) is 0 Å². The van der Waals surface area contributed by atoms with E-state index in [9.17, 15) is 0 Å². The lowest BCUT2D eigenvalue weighted by Gasteiger charge is -2.07. The van der Waals surface area contributed by atoms with Crippen LogP contribution < -0.4 is 10.6 Å². The van der Waals surface area contributed by atoms with Crippen LogP contribution in [-0.2, 0) is 6.54 Å². The zero-order valence-corrected chi connectivity index (χ0v) is 8.33. The molecule has 4 nitrogen and oxygen atoms in total. The smallest absolute Gasteiger partial charge is 0.222 e. The first-order valence-electron chi connectivity index (χ1n) is 4.44. The van der Waals surface area contributed by atoms with Crippen molar-refractivity contribution in [3.05, 3.63) is 18.0 Å². The Morgan fingerprint density at radius 2 is 1.92 bits per heavy atom. The monoisotopic (exact) mass is 180 g/mol. The molecule has 0 saturated heterocycles. The van der Waals surface area contributed by atoms with Gasteiger partial charge in [0.15, 0.2) is 0 Å². The Morgan fingerprint density at radius 3 is 2.38 bits per heavy atom. The summed E-state index contributed by atoms with van der Waals surface area (Å²) in [4.78, 5) is 8.23. The second-order valence-electron chi connectivity index (χ2n) is 3.20. The maximum Gasteiger partial charge on any atom is 0.222 e. The molecule has 1 aromatic rings. The molecule has 0 amide bonds. The van der Waals surface area contributed by atoms with Crippen LogP contribution >= 0.6 is 0 Å². The third-order valence-electron chi connectivity index (χ3n) is 1.64. The Bertz CT molecular complexity index is 242. The number of anilines is 1. The Hall–Kier alpha value is -1.16. The van der Waals surface area contributed by atoms with Crippen LogP contribution in [0.15, 0.2) is 12.4 Å². The van der Waals surface area contributed by atoms with Crippen LogP contribution in [0.25, 0.3) is 0 Å². The topological polar surface area (TPSA) is 49.8 Å². The van der Waals surface area contributed by atoms with Gasteiger partial charge in [0, 0.05) is 37.6 Å². The van der Waals surface area contributed by atoms with Crippen LogP contribution in [0.2, 0.25) is 0 Å². The molecule has 0 atom stereocenters. The first kappa shape index (κ1) is 9.92. The van der Waals surface area contributed by atoms with Gasteiger partial charge < -0.3 is 10.6 Å². The minimum atomic E-state index is 0.490. The quantitative estimate of drug-likeness (QED) is 0.726. The van der Waals surface area contributed by atoms with Gasteiger partial charge in [-0.1, -0.05) is 13.8 Å². The van der Waals surface area contributed by atoms with Crippen LogP contribution in [0.5, 0.6) is 0 Å². The molecule has 0 fully saturated rings. The molecule has 0 bridgehead atoms. The van der Waals surface area contributed by atoms with Gasteiger partial charge in [-0.05, 0) is 0 Å². The molecule has 0 radical (unpaired) electrons. The lowest BCUT2D eigenvalue weighted by atomic mass is 10.3. The molecule has 72 valence electrons. The van der Waals surface area contributed by atoms with Gasteiger partial charge in [-0.25, -0.2) is 9.97 Å². The van der Waals surface area contributed by atoms with Gasteiger partial charge in [-0.3, -0.25) is 0 Å². The van der Waals surface area contributed by atoms with Crippen molar-refractivity contribution in [2.24, 2.45) is 0 Å². The molecule has 1 aromatic heterocycles. The number of aromatic nitrogens is 2. The summed E-state index contributed by atoms with van der Waals surface area (Å²) in [5.74, 6) is 0.660. The number of hydrogen-bond acceptors (Lipinski definition) is 4. The summed E-state index contributed by atoms with van der Waals surface area (Å²) in [5.41, 5.74) is 1.10. The van der Waals surface area contributed by atoms with E-state index in [0.717, 1.165) is 12.1 Å². The predicted octanol–water partition coefficient (Wildman–Crippen LogP) is 1.02. The lowest BCUT2D eigenvalue weighted by molar-refractivity contribution is 0.587. The van der Waals surface area contributed by atoms with Crippen LogP contribution in [0, 0.1) is 0 Å². The molecule has 1 rings (SSSR count). The van der Waals surface area contributed by atoms with E-state index in [2.05, 4.69) is 34.4 Å². The predicted molar refractivity (Wildman–Crippen MR) is 53.6 cm³/mol. The van der Waals surface area contributed by atoms with Crippen molar-refractivity contribution in [1.29, 1.82) is 0 Å². The van der Waals surface area contributed by atoms with Gasteiger partial charge in [-0.2, -0.15) is 0 Å². The van der Waals surface area contributed by atoms with Crippen molar-refractivity contribution in [3.63, 3.8) is 0 Å². The molecule has 13 heavy (non-hydrogen) atoms. The Kier molecular flexibility index (Phi) is 3.64. The van der Waals surface area contributed by atoms with Crippen LogP contribution in [0.4, 0.5) is 5.95 Å². The highest BCUT2D eigenvalue weighted by Crippen LogP contribution is 1.98. The molecule has 0 aromatic carbocycles. The highest BCUT2D eigenvalue weighted by molar-refractivity contribution is 5.22. The second-order valence-corrected chi connectivity index (χ2v) is 3.20. The van der Waals surface area contributed by atoms with Crippen LogP contribution in [-0.4, -0.2) is 23.1 Å².